The Morgan fingerprint density at radius 1 is 0.580 bits per heavy atom. The second-order valence-electron chi connectivity index (χ2n) is 20.5. The summed E-state index contributed by atoms with van der Waals surface area (Å²) < 4.78 is 30.9. The number of anilines is 1. The lowest BCUT2D eigenvalue weighted by molar-refractivity contribution is -0.302. The standard InChI is InChI=1S/C57H105FN2O9/c1-3-5-7-9-11-13-15-17-18-19-20-21-22-23-24-25-26-27-28-30-32-34-36-40-44-59-49(52(62)50(61)43-37-35-33-31-29-16-14-12-10-8-6-4-2)45-67-56-55(65)54(64)53(63)51(69-56)46-68-57(66)60-48-42-39-38-41-47(48)58/h38-39,41-42,49-56,59,61-65H,3-37,40,43-46H2,1-2H3,(H,60,66)/t49-,50+,51+,52-,53-,54-,55+,56-/m0/s1. The SMILES string of the molecule is CCCCCCCCCCCCCCCCCCCCCCCCCCN[C@@H](CO[C@H]1O[C@H](COC(=O)Nc2ccccc2F)[C@H](O)[C@H](O)[C@H]1O)[C@H](O)[C@H](O)CCCCCCCCCCCCCC. The Morgan fingerprint density at radius 3 is 1.42 bits per heavy atom. The van der Waals surface area contributed by atoms with Gasteiger partial charge in [-0.1, -0.05) is 251 Å². The third-order valence-corrected chi connectivity index (χ3v) is 14.2. The van der Waals surface area contributed by atoms with Gasteiger partial charge < -0.3 is 45.1 Å². The van der Waals surface area contributed by atoms with Gasteiger partial charge in [-0.3, -0.25) is 5.32 Å². The number of para-hydroxylation sites is 1. The van der Waals surface area contributed by atoms with Crippen LogP contribution in [0.3, 0.4) is 0 Å². The Morgan fingerprint density at radius 2 is 0.986 bits per heavy atom. The van der Waals surface area contributed by atoms with Gasteiger partial charge in [0.25, 0.3) is 0 Å². The van der Waals surface area contributed by atoms with Gasteiger partial charge in [0, 0.05) is 0 Å². The van der Waals surface area contributed by atoms with Gasteiger partial charge in [-0.25, -0.2) is 9.18 Å². The predicted octanol–water partition coefficient (Wildman–Crippen LogP) is 13.4. The molecule has 2 rings (SSSR count). The molecular formula is C57H105FN2O9. The lowest BCUT2D eigenvalue weighted by atomic mass is 9.98. The van der Waals surface area contributed by atoms with E-state index in [1.807, 2.05) is 0 Å². The lowest BCUT2D eigenvalue weighted by Crippen LogP contribution is -2.60. The summed E-state index contributed by atoms with van der Waals surface area (Å²) in [7, 11) is 0. The van der Waals surface area contributed by atoms with Crippen LogP contribution in [0.15, 0.2) is 24.3 Å². The molecule has 1 aliphatic heterocycles. The van der Waals surface area contributed by atoms with Crippen molar-refractivity contribution < 1.29 is 48.9 Å². The first-order chi connectivity index (χ1) is 33.7. The number of halogens is 1. The van der Waals surface area contributed by atoms with E-state index in [0.29, 0.717) is 13.0 Å². The largest absolute Gasteiger partial charge is 0.446 e. The monoisotopic (exact) mass is 981 g/mol. The maximum Gasteiger partial charge on any atom is 0.411 e. The van der Waals surface area contributed by atoms with Crippen molar-refractivity contribution in [3.8, 4) is 0 Å². The average molecular weight is 981 g/mol. The first-order valence-corrected chi connectivity index (χ1v) is 28.8. The van der Waals surface area contributed by atoms with Crippen LogP contribution < -0.4 is 10.6 Å². The summed E-state index contributed by atoms with van der Waals surface area (Å²) in [6.45, 7) is 4.44. The van der Waals surface area contributed by atoms with Gasteiger partial charge in [-0.05, 0) is 31.5 Å². The first-order valence-electron chi connectivity index (χ1n) is 28.8. The lowest BCUT2D eigenvalue weighted by Gasteiger charge is -2.40. The van der Waals surface area contributed by atoms with Gasteiger partial charge in [0.1, 0.15) is 36.8 Å². The molecule has 1 fully saturated rings. The summed E-state index contributed by atoms with van der Waals surface area (Å²) in [4.78, 5) is 12.4. The molecule has 12 heteroatoms. The maximum atomic E-state index is 14.0. The second kappa shape index (κ2) is 43.7. The Hall–Kier alpha value is -1.90. The van der Waals surface area contributed by atoms with Crippen molar-refractivity contribution in [2.45, 2.75) is 300 Å². The average Bonchev–Trinajstić information content (AvgIpc) is 3.35. The van der Waals surface area contributed by atoms with Crippen LogP contribution in [-0.4, -0.2) is 100 Å². The molecule has 1 amide bonds. The Bertz CT molecular complexity index is 1310. The summed E-state index contributed by atoms with van der Waals surface area (Å²) in [6, 6.07) is 4.88. The number of hydrogen-bond donors (Lipinski definition) is 7. The number of benzene rings is 1. The Labute approximate surface area is 420 Å². The topological polar surface area (TPSA) is 170 Å². The number of aliphatic hydroxyl groups excluding tert-OH is 5. The van der Waals surface area contributed by atoms with Crippen molar-refractivity contribution >= 4 is 11.8 Å². The number of unbranched alkanes of at least 4 members (excludes halogenated alkanes) is 34. The van der Waals surface area contributed by atoms with Crippen molar-refractivity contribution in [2.75, 3.05) is 25.1 Å². The van der Waals surface area contributed by atoms with E-state index >= 15 is 0 Å². The van der Waals surface area contributed by atoms with Crippen LogP contribution >= 0.6 is 0 Å². The fourth-order valence-corrected chi connectivity index (χ4v) is 9.54. The highest BCUT2D eigenvalue weighted by Gasteiger charge is 2.45. The van der Waals surface area contributed by atoms with Gasteiger partial charge in [-0.15, -0.1) is 0 Å². The quantitative estimate of drug-likeness (QED) is 0.0312. The third-order valence-electron chi connectivity index (χ3n) is 14.2. The van der Waals surface area contributed by atoms with E-state index in [2.05, 4.69) is 24.5 Å². The van der Waals surface area contributed by atoms with Crippen LogP contribution in [0.2, 0.25) is 0 Å². The summed E-state index contributed by atoms with van der Waals surface area (Å²) in [5, 5.41) is 60.2. The van der Waals surface area contributed by atoms with E-state index in [1.165, 1.54) is 211 Å². The fraction of sp³-hybridized carbons (Fsp3) is 0.877. The molecule has 0 aromatic heterocycles. The van der Waals surface area contributed by atoms with Crippen LogP contribution in [0.4, 0.5) is 14.9 Å². The van der Waals surface area contributed by atoms with Crippen molar-refractivity contribution in [1.82, 2.24) is 5.32 Å². The Balaban J connectivity index is 1.69. The van der Waals surface area contributed by atoms with Crippen molar-refractivity contribution in [3.05, 3.63) is 30.1 Å². The van der Waals surface area contributed by atoms with Crippen LogP contribution in [0, 0.1) is 5.82 Å². The number of hydrogen-bond acceptors (Lipinski definition) is 10. The molecule has 0 spiro atoms. The number of carbonyl (C=O) groups excluding carboxylic acids is 1. The van der Waals surface area contributed by atoms with Crippen LogP contribution in [0.5, 0.6) is 0 Å². The first kappa shape index (κ1) is 63.2. The number of nitrogens with one attached hydrogen (secondary N) is 2. The van der Waals surface area contributed by atoms with Crippen molar-refractivity contribution in [1.29, 1.82) is 0 Å². The molecule has 69 heavy (non-hydrogen) atoms. The molecule has 1 aromatic rings. The van der Waals surface area contributed by atoms with Gasteiger partial charge in [0.15, 0.2) is 6.29 Å². The Kier molecular flexibility index (Phi) is 40.0. The molecule has 0 radical (unpaired) electrons. The molecule has 0 unspecified atom stereocenters. The molecule has 7 N–H and O–H groups in total. The van der Waals surface area contributed by atoms with E-state index in [9.17, 15) is 34.7 Å². The molecule has 404 valence electrons. The number of amides is 1. The normalized spacial score (nSPS) is 19.7. The minimum absolute atomic E-state index is 0.0894. The van der Waals surface area contributed by atoms with E-state index in [0.717, 1.165) is 38.5 Å². The molecule has 11 nitrogen and oxygen atoms in total. The molecule has 1 aromatic carbocycles. The molecule has 1 aliphatic rings. The van der Waals surface area contributed by atoms with Crippen LogP contribution in [0.1, 0.15) is 251 Å². The van der Waals surface area contributed by atoms with Gasteiger partial charge in [-0.2, -0.15) is 0 Å². The van der Waals surface area contributed by atoms with E-state index < -0.39 is 67.5 Å². The smallest absolute Gasteiger partial charge is 0.411 e. The molecule has 1 heterocycles. The van der Waals surface area contributed by atoms with Gasteiger partial charge >= 0.3 is 6.09 Å². The summed E-state index contributed by atoms with van der Waals surface area (Å²) in [5.41, 5.74) is -0.0894. The van der Waals surface area contributed by atoms with Gasteiger partial charge in [0.2, 0.25) is 0 Å². The van der Waals surface area contributed by atoms with Gasteiger partial charge in [0.05, 0.1) is 30.5 Å². The number of rotatable bonds is 47. The number of aliphatic hydroxyl groups is 5. The van der Waals surface area contributed by atoms with E-state index in [-0.39, 0.29) is 12.3 Å². The third kappa shape index (κ3) is 32.0. The molecule has 0 bridgehead atoms. The number of ether oxygens (including phenoxy) is 3. The molecule has 8 atom stereocenters. The zero-order valence-corrected chi connectivity index (χ0v) is 44.0. The van der Waals surface area contributed by atoms with Crippen LogP contribution in [0.25, 0.3) is 0 Å². The summed E-state index contributed by atoms with van der Waals surface area (Å²) in [5.74, 6) is -0.652. The molecular weight excluding hydrogens is 876 g/mol. The van der Waals surface area contributed by atoms with Crippen molar-refractivity contribution in [3.63, 3.8) is 0 Å². The highest BCUT2D eigenvalue weighted by molar-refractivity contribution is 5.84. The molecule has 1 saturated heterocycles. The predicted molar refractivity (Wildman–Crippen MR) is 280 cm³/mol. The minimum Gasteiger partial charge on any atom is -0.446 e. The van der Waals surface area contributed by atoms with Crippen LogP contribution in [-0.2, 0) is 14.2 Å². The maximum absolute atomic E-state index is 14.0. The second-order valence-corrected chi connectivity index (χ2v) is 20.5. The zero-order valence-electron chi connectivity index (χ0n) is 44.0. The summed E-state index contributed by atoms with van der Waals surface area (Å²) >= 11 is 0. The van der Waals surface area contributed by atoms with E-state index in [4.69, 9.17) is 14.2 Å². The highest BCUT2D eigenvalue weighted by atomic mass is 19.1. The minimum atomic E-state index is -1.68. The van der Waals surface area contributed by atoms with Crippen molar-refractivity contribution in [2.24, 2.45) is 0 Å². The fourth-order valence-electron chi connectivity index (χ4n) is 9.54. The molecule has 0 aliphatic carbocycles. The van der Waals surface area contributed by atoms with E-state index in [1.54, 1.807) is 6.07 Å². The highest BCUT2D eigenvalue weighted by Crippen LogP contribution is 2.24. The molecule has 0 saturated carbocycles. The zero-order chi connectivity index (χ0) is 50.0. The number of carbonyl (C=O) groups is 1. The summed E-state index contributed by atoms with van der Waals surface area (Å²) in [6.07, 6.45) is 36.1.